The van der Waals surface area contributed by atoms with Crippen molar-refractivity contribution in [2.45, 2.75) is 39.2 Å². The van der Waals surface area contributed by atoms with Crippen LogP contribution in [0, 0.1) is 16.7 Å². The summed E-state index contributed by atoms with van der Waals surface area (Å²) in [6.45, 7) is 3.96. The van der Waals surface area contributed by atoms with Gasteiger partial charge in [0.15, 0.2) is 5.78 Å². The maximum absolute atomic E-state index is 12.1. The van der Waals surface area contributed by atoms with Crippen LogP contribution in [0.15, 0.2) is 12.2 Å². The Morgan fingerprint density at radius 3 is 2.69 bits per heavy atom. The van der Waals surface area contributed by atoms with Gasteiger partial charge in [-0.1, -0.05) is 13.3 Å². The van der Waals surface area contributed by atoms with Crippen molar-refractivity contribution >= 4 is 11.8 Å². The van der Waals surface area contributed by atoms with Gasteiger partial charge in [-0.05, 0) is 31.9 Å². The van der Waals surface area contributed by atoms with Gasteiger partial charge in [-0.25, -0.2) is 0 Å². The summed E-state index contributed by atoms with van der Waals surface area (Å²) in [5.41, 5.74) is -0.837. The highest BCUT2D eigenvalue weighted by Crippen LogP contribution is 2.59. The first kappa shape index (κ1) is 10.1. The highest BCUT2D eigenvalue weighted by Gasteiger charge is 2.64. The van der Waals surface area contributed by atoms with Crippen molar-refractivity contribution in [2.24, 2.45) is 16.7 Å². The Hall–Kier alpha value is -1.12. The molecule has 0 bridgehead atoms. The van der Waals surface area contributed by atoms with Crippen LogP contribution in [0.5, 0.6) is 0 Å². The van der Waals surface area contributed by atoms with Crippen molar-refractivity contribution < 1.29 is 14.3 Å². The van der Waals surface area contributed by atoms with E-state index >= 15 is 0 Å². The van der Waals surface area contributed by atoms with E-state index in [-0.39, 0.29) is 23.8 Å². The summed E-state index contributed by atoms with van der Waals surface area (Å²) in [4.78, 5) is 24.0. The summed E-state index contributed by atoms with van der Waals surface area (Å²) in [6, 6.07) is 0. The minimum atomic E-state index is -0.446. The minimum Gasteiger partial charge on any atom is -0.457 e. The fraction of sp³-hybridized carbons (Fsp3) is 0.692. The Bertz CT molecular complexity index is 411. The maximum Gasteiger partial charge on any atom is 0.312 e. The predicted octanol–water partition coefficient (Wildman–Crippen LogP) is 1.86. The van der Waals surface area contributed by atoms with Crippen molar-refractivity contribution in [1.82, 2.24) is 0 Å². The molecular formula is C13H16O3. The molecule has 0 unspecified atom stereocenters. The van der Waals surface area contributed by atoms with Gasteiger partial charge in [-0.15, -0.1) is 0 Å². The second kappa shape index (κ2) is 2.76. The number of rotatable bonds is 0. The third-order valence-electron chi connectivity index (χ3n) is 4.80. The number of ether oxygens (including phenoxy) is 1. The van der Waals surface area contributed by atoms with Crippen LogP contribution in [0.3, 0.4) is 0 Å². The van der Waals surface area contributed by atoms with Crippen molar-refractivity contribution in [2.75, 3.05) is 0 Å². The van der Waals surface area contributed by atoms with Crippen LogP contribution >= 0.6 is 0 Å². The van der Waals surface area contributed by atoms with Crippen LogP contribution in [0.1, 0.15) is 33.1 Å². The van der Waals surface area contributed by atoms with E-state index in [1.165, 1.54) is 0 Å². The number of allylic oxidation sites excluding steroid dienone is 1. The Balaban J connectivity index is 2.17. The van der Waals surface area contributed by atoms with E-state index in [9.17, 15) is 9.59 Å². The topological polar surface area (TPSA) is 43.4 Å². The minimum absolute atomic E-state index is 0.0405. The lowest BCUT2D eigenvalue weighted by molar-refractivity contribution is -0.148. The van der Waals surface area contributed by atoms with E-state index in [2.05, 4.69) is 0 Å². The van der Waals surface area contributed by atoms with Crippen LogP contribution in [-0.4, -0.2) is 17.9 Å². The van der Waals surface area contributed by atoms with Gasteiger partial charge in [0.25, 0.3) is 0 Å². The average molecular weight is 220 g/mol. The summed E-state index contributed by atoms with van der Waals surface area (Å²) in [5.74, 6) is 0.0875. The lowest BCUT2D eigenvalue weighted by atomic mass is 9.52. The summed E-state index contributed by atoms with van der Waals surface area (Å²) in [7, 11) is 0. The fourth-order valence-electron chi connectivity index (χ4n) is 3.92. The Morgan fingerprint density at radius 2 is 1.94 bits per heavy atom. The van der Waals surface area contributed by atoms with Crippen LogP contribution in [-0.2, 0) is 14.3 Å². The molecule has 4 atom stereocenters. The van der Waals surface area contributed by atoms with E-state index in [1.807, 2.05) is 13.8 Å². The van der Waals surface area contributed by atoms with Crippen molar-refractivity contribution in [3.63, 3.8) is 0 Å². The van der Waals surface area contributed by atoms with Gasteiger partial charge < -0.3 is 4.74 Å². The fourth-order valence-corrected chi connectivity index (χ4v) is 3.92. The van der Waals surface area contributed by atoms with Gasteiger partial charge in [0, 0.05) is 11.3 Å². The Kier molecular flexibility index (Phi) is 1.74. The first-order valence-corrected chi connectivity index (χ1v) is 5.92. The molecule has 3 aliphatic rings. The number of carbonyl (C=O) groups excluding carboxylic acids is 2. The second-order valence-corrected chi connectivity index (χ2v) is 5.76. The molecule has 0 N–H and O–H groups in total. The summed E-state index contributed by atoms with van der Waals surface area (Å²) >= 11 is 0. The molecule has 0 spiro atoms. The molecule has 0 aromatic heterocycles. The standard InChI is InChI=1S/C13H16O3/c1-12-6-3-7-13(2)10(12)8(16-11(13)15)4-5-9(12)14/h4-5,8,10H,3,6-7H2,1-2H3/t8-,10-,12-,13+/m1/s1. The highest BCUT2D eigenvalue weighted by molar-refractivity contribution is 5.98. The highest BCUT2D eigenvalue weighted by atomic mass is 16.6. The number of carbonyl (C=O) groups is 2. The lowest BCUT2D eigenvalue weighted by Gasteiger charge is -2.47. The lowest BCUT2D eigenvalue weighted by Crippen LogP contribution is -2.51. The monoisotopic (exact) mass is 220 g/mol. The largest absolute Gasteiger partial charge is 0.457 e. The molecule has 2 fully saturated rings. The molecule has 1 saturated heterocycles. The summed E-state index contributed by atoms with van der Waals surface area (Å²) < 4.78 is 5.42. The third-order valence-corrected chi connectivity index (χ3v) is 4.80. The van der Waals surface area contributed by atoms with Crippen molar-refractivity contribution in [3.05, 3.63) is 12.2 Å². The number of hydrogen-bond donors (Lipinski definition) is 0. The van der Waals surface area contributed by atoms with Gasteiger partial charge in [-0.2, -0.15) is 0 Å². The molecule has 1 aliphatic heterocycles. The Morgan fingerprint density at radius 1 is 1.25 bits per heavy atom. The summed E-state index contributed by atoms with van der Waals surface area (Å²) in [5, 5.41) is 0. The van der Waals surface area contributed by atoms with E-state index < -0.39 is 10.8 Å². The summed E-state index contributed by atoms with van der Waals surface area (Å²) in [6.07, 6.45) is 5.85. The van der Waals surface area contributed by atoms with Crippen LogP contribution in [0.2, 0.25) is 0 Å². The molecule has 3 rings (SSSR count). The van der Waals surface area contributed by atoms with E-state index in [0.717, 1.165) is 19.3 Å². The van der Waals surface area contributed by atoms with Gasteiger partial charge in [0.05, 0.1) is 5.41 Å². The molecule has 0 radical (unpaired) electrons. The molecule has 1 saturated carbocycles. The van der Waals surface area contributed by atoms with Crippen molar-refractivity contribution in [3.8, 4) is 0 Å². The quantitative estimate of drug-likeness (QED) is 0.585. The normalized spacial score (nSPS) is 50.1. The number of esters is 1. The first-order valence-electron chi connectivity index (χ1n) is 5.92. The zero-order valence-corrected chi connectivity index (χ0v) is 9.66. The third kappa shape index (κ3) is 0.944. The number of ketones is 1. The van der Waals surface area contributed by atoms with Crippen molar-refractivity contribution in [1.29, 1.82) is 0 Å². The first-order chi connectivity index (χ1) is 7.48. The zero-order valence-electron chi connectivity index (χ0n) is 9.66. The van der Waals surface area contributed by atoms with Crippen LogP contribution < -0.4 is 0 Å². The van der Waals surface area contributed by atoms with Gasteiger partial charge in [0.2, 0.25) is 0 Å². The van der Waals surface area contributed by atoms with E-state index in [1.54, 1.807) is 12.2 Å². The molecule has 0 aromatic rings. The molecule has 2 aliphatic carbocycles. The van der Waals surface area contributed by atoms with Crippen LogP contribution in [0.25, 0.3) is 0 Å². The van der Waals surface area contributed by atoms with E-state index in [4.69, 9.17) is 4.74 Å². The number of hydrogen-bond acceptors (Lipinski definition) is 3. The zero-order chi connectivity index (χ0) is 11.6. The van der Waals surface area contributed by atoms with Gasteiger partial charge in [-0.3, -0.25) is 9.59 Å². The maximum atomic E-state index is 12.1. The van der Waals surface area contributed by atoms with E-state index in [0.29, 0.717) is 0 Å². The molecule has 3 heteroatoms. The molecule has 16 heavy (non-hydrogen) atoms. The molecule has 86 valence electrons. The molecule has 3 nitrogen and oxygen atoms in total. The second-order valence-electron chi connectivity index (χ2n) is 5.76. The smallest absolute Gasteiger partial charge is 0.312 e. The molecule has 0 amide bonds. The molecular weight excluding hydrogens is 204 g/mol. The van der Waals surface area contributed by atoms with Gasteiger partial charge >= 0.3 is 5.97 Å². The SMILES string of the molecule is C[C@@]12CCC[C@]3(C)C(=O)O[C@H](C=CC1=O)[C@H]23. The molecule has 0 aromatic carbocycles. The van der Waals surface area contributed by atoms with Gasteiger partial charge in [0.1, 0.15) is 6.10 Å². The predicted molar refractivity (Wildman–Crippen MR) is 57.6 cm³/mol. The Labute approximate surface area is 94.8 Å². The average Bonchev–Trinajstić information content (AvgIpc) is 2.48. The molecule has 1 heterocycles. The van der Waals surface area contributed by atoms with Crippen LogP contribution in [0.4, 0.5) is 0 Å².